The molecule has 1 nitrogen and oxygen atoms in total. The molecule has 0 aromatic heterocycles. The number of nitrogens with one attached hydrogen (secondary N) is 1. The van der Waals surface area contributed by atoms with Crippen LogP contribution in [0.4, 0.5) is 0 Å². The molecule has 1 atom stereocenters. The third kappa shape index (κ3) is 6.57. The molecule has 0 fully saturated rings. The lowest BCUT2D eigenvalue weighted by molar-refractivity contribution is 0.554. The van der Waals surface area contributed by atoms with Gasteiger partial charge in [-0.05, 0) is 25.6 Å². The molecule has 0 aromatic rings. The Balaban J connectivity index is 3.34. The van der Waals surface area contributed by atoms with Gasteiger partial charge in [0, 0.05) is 18.2 Å². The summed E-state index contributed by atoms with van der Waals surface area (Å²) in [6.45, 7) is 2.19. The molecule has 0 spiro atoms. The molecule has 0 bridgehead atoms. The average Bonchev–Trinajstić information content (AvgIpc) is 2.11. The van der Waals surface area contributed by atoms with Gasteiger partial charge in [-0.3, -0.25) is 0 Å². The van der Waals surface area contributed by atoms with Crippen LogP contribution in [0.1, 0.15) is 26.2 Å². The van der Waals surface area contributed by atoms with Crippen LogP contribution < -0.4 is 5.32 Å². The first-order valence-corrected chi connectivity index (χ1v) is 5.69. The third-order valence-electron chi connectivity index (χ3n) is 1.81. The van der Waals surface area contributed by atoms with Crippen molar-refractivity contribution in [1.29, 1.82) is 0 Å². The Morgan fingerprint density at radius 1 is 1.58 bits per heavy atom. The first-order chi connectivity index (χ1) is 5.85. The lowest BCUT2D eigenvalue weighted by Crippen LogP contribution is -2.27. The fraction of sp³-hybridized carbons (Fsp3) is 0.800. The van der Waals surface area contributed by atoms with Crippen molar-refractivity contribution in [3.8, 4) is 12.3 Å². The minimum atomic E-state index is 0.642. The van der Waals surface area contributed by atoms with Crippen LogP contribution in [0, 0.1) is 12.3 Å². The normalized spacial score (nSPS) is 12.4. The molecule has 0 heterocycles. The van der Waals surface area contributed by atoms with Crippen LogP contribution in [0.5, 0.6) is 0 Å². The molecule has 0 aromatic carbocycles. The van der Waals surface area contributed by atoms with Crippen LogP contribution in [0.25, 0.3) is 0 Å². The highest BCUT2D eigenvalue weighted by atomic mass is 32.2. The van der Waals surface area contributed by atoms with Crippen LogP contribution >= 0.6 is 11.8 Å². The summed E-state index contributed by atoms with van der Waals surface area (Å²) in [4.78, 5) is 0. The SMILES string of the molecule is C#CCCCC(CSCC)NC. The zero-order valence-corrected chi connectivity index (χ0v) is 8.91. The number of hydrogen-bond donors (Lipinski definition) is 1. The number of thioether (sulfide) groups is 1. The molecule has 0 saturated carbocycles. The van der Waals surface area contributed by atoms with E-state index >= 15 is 0 Å². The molecular weight excluding hydrogens is 166 g/mol. The van der Waals surface area contributed by atoms with Crippen molar-refractivity contribution in [3.05, 3.63) is 0 Å². The number of rotatable bonds is 7. The van der Waals surface area contributed by atoms with Crippen LogP contribution in [0.3, 0.4) is 0 Å². The first-order valence-electron chi connectivity index (χ1n) is 4.53. The maximum Gasteiger partial charge on any atom is 0.0155 e. The highest BCUT2D eigenvalue weighted by Gasteiger charge is 2.03. The Morgan fingerprint density at radius 3 is 2.83 bits per heavy atom. The number of hydrogen-bond acceptors (Lipinski definition) is 2. The molecule has 0 aliphatic rings. The van der Waals surface area contributed by atoms with Crippen LogP contribution in [-0.2, 0) is 0 Å². The highest BCUT2D eigenvalue weighted by molar-refractivity contribution is 7.99. The Kier molecular flexibility index (Phi) is 8.86. The van der Waals surface area contributed by atoms with Crippen molar-refractivity contribution >= 4 is 11.8 Å². The first kappa shape index (κ1) is 11.9. The Morgan fingerprint density at radius 2 is 2.33 bits per heavy atom. The summed E-state index contributed by atoms with van der Waals surface area (Å²) in [5.74, 6) is 5.08. The summed E-state index contributed by atoms with van der Waals surface area (Å²) >= 11 is 1.98. The van der Waals surface area contributed by atoms with Gasteiger partial charge in [0.1, 0.15) is 0 Å². The molecule has 0 aliphatic heterocycles. The quantitative estimate of drug-likeness (QED) is 0.482. The van der Waals surface area contributed by atoms with E-state index in [1.165, 1.54) is 17.9 Å². The summed E-state index contributed by atoms with van der Waals surface area (Å²) in [7, 11) is 2.02. The molecule has 70 valence electrons. The minimum absolute atomic E-state index is 0.642. The fourth-order valence-corrected chi connectivity index (χ4v) is 1.88. The van der Waals surface area contributed by atoms with E-state index in [9.17, 15) is 0 Å². The van der Waals surface area contributed by atoms with Crippen molar-refractivity contribution < 1.29 is 0 Å². The van der Waals surface area contributed by atoms with E-state index in [-0.39, 0.29) is 0 Å². The lowest BCUT2D eigenvalue weighted by Gasteiger charge is -2.14. The summed E-state index contributed by atoms with van der Waals surface area (Å²) < 4.78 is 0. The lowest BCUT2D eigenvalue weighted by atomic mass is 10.1. The van der Waals surface area contributed by atoms with E-state index in [0.717, 1.165) is 12.8 Å². The van der Waals surface area contributed by atoms with Gasteiger partial charge in [0.05, 0.1) is 0 Å². The molecule has 0 aliphatic carbocycles. The zero-order chi connectivity index (χ0) is 9.23. The fourth-order valence-electron chi connectivity index (χ4n) is 1.02. The molecular formula is C10H19NS. The van der Waals surface area contributed by atoms with E-state index in [1.54, 1.807) is 0 Å². The van der Waals surface area contributed by atoms with Gasteiger partial charge in [-0.2, -0.15) is 11.8 Å². The van der Waals surface area contributed by atoms with Crippen molar-refractivity contribution in [1.82, 2.24) is 5.32 Å². The van der Waals surface area contributed by atoms with Crippen LogP contribution in [0.15, 0.2) is 0 Å². The maximum absolute atomic E-state index is 5.18. The largest absolute Gasteiger partial charge is 0.316 e. The maximum atomic E-state index is 5.18. The molecule has 0 rings (SSSR count). The molecule has 0 saturated heterocycles. The van der Waals surface area contributed by atoms with Gasteiger partial charge < -0.3 is 5.32 Å². The van der Waals surface area contributed by atoms with Gasteiger partial charge in [0.2, 0.25) is 0 Å². The van der Waals surface area contributed by atoms with Gasteiger partial charge in [-0.15, -0.1) is 12.3 Å². The molecule has 0 radical (unpaired) electrons. The van der Waals surface area contributed by atoms with E-state index in [4.69, 9.17) is 6.42 Å². The Hall–Kier alpha value is -0.130. The second kappa shape index (κ2) is 8.96. The van der Waals surface area contributed by atoms with Crippen molar-refractivity contribution in [2.24, 2.45) is 0 Å². The topological polar surface area (TPSA) is 12.0 Å². The molecule has 0 amide bonds. The second-order valence-corrected chi connectivity index (χ2v) is 4.06. The van der Waals surface area contributed by atoms with Gasteiger partial charge in [0.15, 0.2) is 0 Å². The van der Waals surface area contributed by atoms with Gasteiger partial charge in [-0.1, -0.05) is 6.92 Å². The highest BCUT2D eigenvalue weighted by Crippen LogP contribution is 2.07. The van der Waals surface area contributed by atoms with Crippen LogP contribution in [0.2, 0.25) is 0 Å². The second-order valence-electron chi connectivity index (χ2n) is 2.74. The number of terminal acetylenes is 1. The monoisotopic (exact) mass is 185 g/mol. The number of unbranched alkanes of at least 4 members (excludes halogenated alkanes) is 1. The Bertz CT molecular complexity index is 128. The summed E-state index contributed by atoms with van der Waals surface area (Å²) in [5.41, 5.74) is 0. The van der Waals surface area contributed by atoms with Gasteiger partial charge in [-0.25, -0.2) is 0 Å². The Labute approximate surface area is 80.7 Å². The van der Waals surface area contributed by atoms with Gasteiger partial charge >= 0.3 is 0 Å². The smallest absolute Gasteiger partial charge is 0.0155 e. The van der Waals surface area contributed by atoms with E-state index in [2.05, 4.69) is 18.2 Å². The summed E-state index contributed by atoms with van der Waals surface area (Å²) in [6, 6.07) is 0.642. The van der Waals surface area contributed by atoms with Crippen LogP contribution in [-0.4, -0.2) is 24.6 Å². The van der Waals surface area contributed by atoms with E-state index in [0.29, 0.717) is 6.04 Å². The van der Waals surface area contributed by atoms with Crippen molar-refractivity contribution in [2.45, 2.75) is 32.2 Å². The zero-order valence-electron chi connectivity index (χ0n) is 8.10. The predicted molar refractivity (Wildman–Crippen MR) is 58.5 cm³/mol. The third-order valence-corrected chi connectivity index (χ3v) is 2.85. The average molecular weight is 185 g/mol. The van der Waals surface area contributed by atoms with E-state index < -0.39 is 0 Å². The standard InChI is InChI=1S/C10H19NS/c1-4-6-7-8-10(11-3)9-12-5-2/h1,10-11H,5-9H2,2-3H3. The van der Waals surface area contributed by atoms with Crippen molar-refractivity contribution in [2.75, 3.05) is 18.6 Å². The van der Waals surface area contributed by atoms with Crippen molar-refractivity contribution in [3.63, 3.8) is 0 Å². The van der Waals surface area contributed by atoms with E-state index in [1.807, 2.05) is 18.8 Å². The molecule has 1 N–H and O–H groups in total. The minimum Gasteiger partial charge on any atom is -0.316 e. The predicted octanol–water partition coefficient (Wildman–Crippen LogP) is 2.13. The molecule has 2 heteroatoms. The summed E-state index contributed by atoms with van der Waals surface area (Å²) in [5, 5.41) is 3.31. The van der Waals surface area contributed by atoms with Gasteiger partial charge in [0.25, 0.3) is 0 Å². The molecule has 1 unspecified atom stereocenters. The summed E-state index contributed by atoms with van der Waals surface area (Å²) in [6.07, 6.45) is 8.44. The molecule has 12 heavy (non-hydrogen) atoms.